The summed E-state index contributed by atoms with van der Waals surface area (Å²) in [7, 11) is 4.42. The van der Waals surface area contributed by atoms with Crippen LogP contribution in [0, 0.1) is 0 Å². The summed E-state index contributed by atoms with van der Waals surface area (Å²) in [5.74, 6) is 3.56. The molecule has 2 aliphatic carbocycles. The molecule has 9 rings (SSSR count). The maximum Gasteiger partial charge on any atom is 0.123 e. The number of fused-ring (bicyclic) bond motifs is 6. The Bertz CT molecular complexity index is 1850. The molecule has 6 nitrogen and oxygen atoms in total. The first kappa shape index (κ1) is 25.7. The highest BCUT2D eigenvalue weighted by atomic mass is 15.2. The van der Waals surface area contributed by atoms with E-state index in [1.54, 1.807) is 11.1 Å². The minimum atomic E-state index is 0.407. The van der Waals surface area contributed by atoms with Crippen molar-refractivity contribution in [3.8, 4) is 33.6 Å². The van der Waals surface area contributed by atoms with E-state index in [-0.39, 0.29) is 0 Å². The van der Waals surface area contributed by atoms with Crippen molar-refractivity contribution in [1.29, 1.82) is 0 Å². The molecule has 43 heavy (non-hydrogen) atoms. The fourth-order valence-electron chi connectivity index (χ4n) is 8.90. The maximum absolute atomic E-state index is 4.88. The average Bonchev–Trinajstić information content (AvgIpc) is 3.87. The first-order valence-electron chi connectivity index (χ1n) is 16.3. The number of likely N-dealkylation sites (tertiary alicyclic amines) is 2. The van der Waals surface area contributed by atoms with Crippen LogP contribution in [-0.4, -0.2) is 56.9 Å². The van der Waals surface area contributed by atoms with E-state index in [4.69, 9.17) is 9.97 Å². The predicted molar refractivity (Wildman–Crippen MR) is 173 cm³/mol. The number of benzene rings is 3. The van der Waals surface area contributed by atoms with E-state index in [1.807, 2.05) is 6.20 Å². The molecule has 3 unspecified atom stereocenters. The van der Waals surface area contributed by atoms with Crippen LogP contribution in [0.2, 0.25) is 0 Å². The Morgan fingerprint density at radius 1 is 0.628 bits per heavy atom. The van der Waals surface area contributed by atoms with E-state index in [9.17, 15) is 0 Å². The van der Waals surface area contributed by atoms with Gasteiger partial charge in [-0.1, -0.05) is 36.4 Å². The van der Waals surface area contributed by atoms with Crippen molar-refractivity contribution in [1.82, 2.24) is 29.7 Å². The van der Waals surface area contributed by atoms with Crippen LogP contribution in [0.3, 0.4) is 0 Å². The van der Waals surface area contributed by atoms with E-state index in [0.29, 0.717) is 23.9 Å². The third kappa shape index (κ3) is 4.14. The third-order valence-corrected chi connectivity index (χ3v) is 11.2. The molecule has 4 aliphatic rings. The van der Waals surface area contributed by atoms with E-state index in [1.165, 1.54) is 83.7 Å². The second-order valence-electron chi connectivity index (χ2n) is 13.6. The number of imidazole rings is 2. The first-order valence-corrected chi connectivity index (χ1v) is 16.3. The largest absolute Gasteiger partial charge is 0.341 e. The molecule has 3 fully saturated rings. The molecule has 2 bridgehead atoms. The Labute approximate surface area is 253 Å². The molecular weight excluding hydrogens is 528 g/mol. The van der Waals surface area contributed by atoms with Crippen LogP contribution < -0.4 is 0 Å². The van der Waals surface area contributed by atoms with E-state index >= 15 is 0 Å². The standard InChI is InChI=1S/C37H40N6/c1-42-15-3-5-32(42)36-38-20-30(40-36)25-10-8-22-17-24(9-7-23(22)18-25)28-13-14-29(35-27-12-11-26(19-27)34(28)35)31-21-39-37(41-31)33-6-4-16-43(33)2/h7-10,13-14,17-18,20-21,26-27,32-33H,3-6,11-12,15-16,19H2,1-2H3,(H,38,40)(H,39,41)/t26?,27?,32?,33-/m0/s1. The minimum Gasteiger partial charge on any atom is -0.341 e. The quantitative estimate of drug-likeness (QED) is 0.224. The van der Waals surface area contributed by atoms with Gasteiger partial charge in [-0.25, -0.2) is 9.97 Å². The number of hydrogen-bond acceptors (Lipinski definition) is 4. The zero-order valence-electron chi connectivity index (χ0n) is 25.2. The molecule has 5 aromatic rings. The molecule has 0 amide bonds. The molecule has 2 saturated heterocycles. The molecule has 1 saturated carbocycles. The van der Waals surface area contributed by atoms with Gasteiger partial charge in [-0.2, -0.15) is 0 Å². The number of aromatic amines is 2. The number of H-pyrrole nitrogens is 2. The Hall–Kier alpha value is -3.74. The zero-order chi connectivity index (χ0) is 28.7. The van der Waals surface area contributed by atoms with Crippen LogP contribution in [0.15, 0.2) is 60.9 Å². The van der Waals surface area contributed by atoms with Crippen molar-refractivity contribution >= 4 is 10.8 Å². The van der Waals surface area contributed by atoms with Crippen LogP contribution in [0.25, 0.3) is 44.4 Å². The van der Waals surface area contributed by atoms with Gasteiger partial charge in [0.25, 0.3) is 0 Å². The Kier molecular flexibility index (Phi) is 5.92. The Morgan fingerprint density at radius 3 is 1.84 bits per heavy atom. The van der Waals surface area contributed by atoms with Gasteiger partial charge in [0.2, 0.25) is 0 Å². The number of nitrogens with zero attached hydrogens (tertiary/aromatic N) is 4. The summed E-state index contributed by atoms with van der Waals surface area (Å²) in [5.41, 5.74) is 10.8. The second kappa shape index (κ2) is 9.90. The first-order chi connectivity index (χ1) is 21.1. The molecule has 2 aliphatic heterocycles. The van der Waals surface area contributed by atoms with Gasteiger partial charge >= 0.3 is 0 Å². The SMILES string of the molecule is CN1CCCC1c1ncc(-c2ccc3cc(-c4ccc(-c5cnc([C@@H]6CCCN6C)[nH]5)c5c4C4CCC5C4)ccc3c2)[nH]1. The Morgan fingerprint density at radius 2 is 1.19 bits per heavy atom. The molecule has 218 valence electrons. The van der Waals surface area contributed by atoms with Gasteiger partial charge in [0.1, 0.15) is 11.6 Å². The highest BCUT2D eigenvalue weighted by molar-refractivity contribution is 5.91. The lowest BCUT2D eigenvalue weighted by Gasteiger charge is -2.23. The summed E-state index contributed by atoms with van der Waals surface area (Å²) in [6.07, 6.45) is 12.9. The molecule has 0 spiro atoms. The van der Waals surface area contributed by atoms with Gasteiger partial charge in [-0.3, -0.25) is 9.80 Å². The summed E-state index contributed by atoms with van der Waals surface area (Å²) in [4.78, 5) is 21.8. The topological polar surface area (TPSA) is 63.8 Å². The lowest BCUT2D eigenvalue weighted by Crippen LogP contribution is -2.18. The minimum absolute atomic E-state index is 0.407. The van der Waals surface area contributed by atoms with Crippen molar-refractivity contribution in [3.05, 3.63) is 83.7 Å². The monoisotopic (exact) mass is 568 g/mol. The van der Waals surface area contributed by atoms with E-state index in [0.717, 1.165) is 30.4 Å². The lowest BCUT2D eigenvalue weighted by atomic mass is 9.82. The smallest absolute Gasteiger partial charge is 0.123 e. The van der Waals surface area contributed by atoms with Crippen molar-refractivity contribution in [2.75, 3.05) is 27.2 Å². The third-order valence-electron chi connectivity index (χ3n) is 11.2. The van der Waals surface area contributed by atoms with Crippen molar-refractivity contribution < 1.29 is 0 Å². The van der Waals surface area contributed by atoms with Crippen molar-refractivity contribution in [2.45, 2.75) is 68.9 Å². The summed E-state index contributed by atoms with van der Waals surface area (Å²) < 4.78 is 0. The number of nitrogens with one attached hydrogen (secondary N) is 2. The molecular formula is C37H40N6. The normalized spacial score (nSPS) is 25.3. The Balaban J connectivity index is 1.06. The van der Waals surface area contributed by atoms with Crippen molar-refractivity contribution in [2.24, 2.45) is 0 Å². The van der Waals surface area contributed by atoms with Gasteiger partial charge in [-0.05, 0) is 129 Å². The van der Waals surface area contributed by atoms with E-state index in [2.05, 4.69) is 88.6 Å². The maximum atomic E-state index is 4.88. The number of rotatable bonds is 5. The summed E-state index contributed by atoms with van der Waals surface area (Å²) >= 11 is 0. The summed E-state index contributed by atoms with van der Waals surface area (Å²) in [6, 6.07) is 19.5. The molecule has 0 radical (unpaired) electrons. The van der Waals surface area contributed by atoms with Crippen LogP contribution in [-0.2, 0) is 0 Å². The van der Waals surface area contributed by atoms with E-state index < -0.39 is 0 Å². The van der Waals surface area contributed by atoms with Gasteiger partial charge in [0, 0.05) is 11.1 Å². The van der Waals surface area contributed by atoms with Gasteiger partial charge in [0.15, 0.2) is 0 Å². The predicted octanol–water partition coefficient (Wildman–Crippen LogP) is 8.19. The number of aromatic nitrogens is 4. The van der Waals surface area contributed by atoms with Gasteiger partial charge in [0.05, 0.1) is 35.9 Å². The highest BCUT2D eigenvalue weighted by Gasteiger charge is 2.40. The average molecular weight is 569 g/mol. The van der Waals surface area contributed by atoms with Crippen LogP contribution in [0.5, 0.6) is 0 Å². The second-order valence-corrected chi connectivity index (χ2v) is 13.6. The molecule has 2 aromatic heterocycles. The van der Waals surface area contributed by atoms with Crippen molar-refractivity contribution in [3.63, 3.8) is 0 Å². The summed E-state index contributed by atoms with van der Waals surface area (Å²) in [5, 5.41) is 2.56. The molecule has 3 aromatic carbocycles. The summed E-state index contributed by atoms with van der Waals surface area (Å²) in [6.45, 7) is 2.30. The number of hydrogen-bond donors (Lipinski definition) is 2. The van der Waals surface area contributed by atoms with Crippen LogP contribution in [0.1, 0.15) is 91.6 Å². The molecule has 4 heterocycles. The molecule has 6 heteroatoms. The van der Waals surface area contributed by atoms with Gasteiger partial charge < -0.3 is 9.97 Å². The lowest BCUT2D eigenvalue weighted by molar-refractivity contribution is 0.307. The van der Waals surface area contributed by atoms with Gasteiger partial charge in [-0.15, -0.1) is 0 Å². The highest BCUT2D eigenvalue weighted by Crippen LogP contribution is 2.58. The fourth-order valence-corrected chi connectivity index (χ4v) is 8.90. The fraction of sp³-hybridized carbons (Fsp3) is 0.405. The molecule has 4 atom stereocenters. The zero-order valence-corrected chi connectivity index (χ0v) is 25.2. The molecule has 2 N–H and O–H groups in total. The van der Waals surface area contributed by atoms with Crippen LogP contribution >= 0.6 is 0 Å². The van der Waals surface area contributed by atoms with Crippen LogP contribution in [0.4, 0.5) is 0 Å².